The summed E-state index contributed by atoms with van der Waals surface area (Å²) in [5, 5.41) is 9.88. The van der Waals surface area contributed by atoms with Gasteiger partial charge in [0.2, 0.25) is 6.29 Å². The molecule has 0 aromatic heterocycles. The van der Waals surface area contributed by atoms with Crippen LogP contribution in [0.5, 0.6) is 5.75 Å². The predicted molar refractivity (Wildman–Crippen MR) is 88.1 cm³/mol. The summed E-state index contributed by atoms with van der Waals surface area (Å²) in [5.41, 5.74) is 2.28. The Labute approximate surface area is 136 Å². The molecule has 0 saturated carbocycles. The number of hydrogen-bond acceptors (Lipinski definition) is 4. The van der Waals surface area contributed by atoms with Gasteiger partial charge in [0.1, 0.15) is 5.75 Å². The van der Waals surface area contributed by atoms with Crippen LogP contribution in [0.3, 0.4) is 0 Å². The van der Waals surface area contributed by atoms with Crippen molar-refractivity contribution in [2.75, 3.05) is 4.72 Å². The number of fused-ring (bicyclic) bond motifs is 1. The second-order valence-corrected chi connectivity index (χ2v) is 7.38. The van der Waals surface area contributed by atoms with E-state index in [1.807, 2.05) is 13.8 Å². The zero-order valence-electron chi connectivity index (χ0n) is 13.0. The first kappa shape index (κ1) is 15.8. The molecule has 1 aliphatic rings. The van der Waals surface area contributed by atoms with Gasteiger partial charge in [0.25, 0.3) is 10.0 Å². The number of aliphatic hydroxyl groups is 1. The average Bonchev–Trinajstić information content (AvgIpc) is 2.82. The number of ether oxygens (including phenoxy) is 1. The molecule has 6 heteroatoms. The summed E-state index contributed by atoms with van der Waals surface area (Å²) < 4.78 is 32.8. The molecule has 3 rings (SSSR count). The van der Waals surface area contributed by atoms with Crippen LogP contribution in [0.2, 0.25) is 0 Å². The van der Waals surface area contributed by atoms with Crippen LogP contribution in [0.15, 0.2) is 47.4 Å². The first-order valence-corrected chi connectivity index (χ1v) is 8.97. The Morgan fingerprint density at radius 2 is 1.87 bits per heavy atom. The van der Waals surface area contributed by atoms with Gasteiger partial charge in [-0.05, 0) is 43.7 Å². The SMILES string of the molecule is CC[C@@H]1c2cc(NS(=O)(=O)c3ccc(C)cc3)ccc2O[C@H]1O. The highest BCUT2D eigenvalue weighted by atomic mass is 32.2. The third-order valence-electron chi connectivity index (χ3n) is 4.02. The number of hydrogen-bond donors (Lipinski definition) is 2. The number of anilines is 1. The van der Waals surface area contributed by atoms with Gasteiger partial charge in [0.15, 0.2) is 0 Å². The lowest BCUT2D eigenvalue weighted by atomic mass is 9.97. The summed E-state index contributed by atoms with van der Waals surface area (Å²) >= 11 is 0. The molecule has 0 aliphatic carbocycles. The van der Waals surface area contributed by atoms with Gasteiger partial charge in [-0.25, -0.2) is 8.42 Å². The molecule has 0 saturated heterocycles. The van der Waals surface area contributed by atoms with Crippen LogP contribution in [-0.2, 0) is 10.0 Å². The topological polar surface area (TPSA) is 75.6 Å². The van der Waals surface area contributed by atoms with Crippen molar-refractivity contribution in [3.05, 3.63) is 53.6 Å². The molecule has 0 bridgehead atoms. The van der Waals surface area contributed by atoms with Crippen LogP contribution in [-0.4, -0.2) is 19.8 Å². The van der Waals surface area contributed by atoms with Crippen molar-refractivity contribution >= 4 is 15.7 Å². The highest BCUT2D eigenvalue weighted by Gasteiger charge is 2.32. The van der Waals surface area contributed by atoms with E-state index in [0.29, 0.717) is 17.9 Å². The van der Waals surface area contributed by atoms with Gasteiger partial charge < -0.3 is 9.84 Å². The van der Waals surface area contributed by atoms with E-state index in [2.05, 4.69) is 4.72 Å². The number of aryl methyl sites for hydroxylation is 1. The van der Waals surface area contributed by atoms with Crippen molar-refractivity contribution in [3.63, 3.8) is 0 Å². The average molecular weight is 333 g/mol. The van der Waals surface area contributed by atoms with Gasteiger partial charge in [-0.1, -0.05) is 24.6 Å². The van der Waals surface area contributed by atoms with E-state index in [1.54, 1.807) is 42.5 Å². The molecule has 1 aliphatic heterocycles. The van der Waals surface area contributed by atoms with Crippen molar-refractivity contribution in [3.8, 4) is 5.75 Å². The van der Waals surface area contributed by atoms with Crippen LogP contribution in [0.25, 0.3) is 0 Å². The summed E-state index contributed by atoms with van der Waals surface area (Å²) in [6.45, 7) is 3.86. The Morgan fingerprint density at radius 1 is 1.17 bits per heavy atom. The Bertz CT molecular complexity index is 815. The highest BCUT2D eigenvalue weighted by Crippen LogP contribution is 2.40. The van der Waals surface area contributed by atoms with Crippen LogP contribution < -0.4 is 9.46 Å². The fraction of sp³-hybridized carbons (Fsp3) is 0.294. The van der Waals surface area contributed by atoms with Crippen LogP contribution >= 0.6 is 0 Å². The largest absolute Gasteiger partial charge is 0.464 e. The maximum atomic E-state index is 12.4. The van der Waals surface area contributed by atoms with E-state index in [9.17, 15) is 13.5 Å². The van der Waals surface area contributed by atoms with Gasteiger partial charge in [0, 0.05) is 17.2 Å². The van der Waals surface area contributed by atoms with Crippen LogP contribution in [0.4, 0.5) is 5.69 Å². The van der Waals surface area contributed by atoms with E-state index in [4.69, 9.17) is 4.74 Å². The molecule has 2 aromatic carbocycles. The molecule has 2 aromatic rings. The molecular formula is C17H19NO4S. The Kier molecular flexibility index (Phi) is 4.04. The third-order valence-corrected chi connectivity index (χ3v) is 5.42. The number of nitrogens with one attached hydrogen (secondary N) is 1. The van der Waals surface area contributed by atoms with Gasteiger partial charge in [-0.2, -0.15) is 0 Å². The minimum atomic E-state index is -3.64. The fourth-order valence-electron chi connectivity index (χ4n) is 2.73. The maximum absolute atomic E-state index is 12.4. The van der Waals surface area contributed by atoms with Crippen molar-refractivity contribution < 1.29 is 18.3 Å². The number of benzene rings is 2. The summed E-state index contributed by atoms with van der Waals surface area (Å²) in [7, 11) is -3.64. The molecule has 5 nitrogen and oxygen atoms in total. The van der Waals surface area contributed by atoms with Gasteiger partial charge in [-0.3, -0.25) is 4.72 Å². The smallest absolute Gasteiger partial charge is 0.261 e. The lowest BCUT2D eigenvalue weighted by Crippen LogP contribution is -2.16. The first-order valence-electron chi connectivity index (χ1n) is 7.49. The molecule has 23 heavy (non-hydrogen) atoms. The van der Waals surface area contributed by atoms with Crippen molar-refractivity contribution in [1.82, 2.24) is 0 Å². The van der Waals surface area contributed by atoms with E-state index in [1.165, 1.54) is 0 Å². The molecule has 0 fully saturated rings. The van der Waals surface area contributed by atoms with E-state index < -0.39 is 16.3 Å². The minimum Gasteiger partial charge on any atom is -0.464 e. The zero-order valence-corrected chi connectivity index (χ0v) is 13.8. The molecule has 1 heterocycles. The Balaban J connectivity index is 1.89. The number of rotatable bonds is 4. The number of aliphatic hydroxyl groups excluding tert-OH is 1. The van der Waals surface area contributed by atoms with Gasteiger partial charge in [0.05, 0.1) is 4.90 Å². The molecule has 0 amide bonds. The Hall–Kier alpha value is -2.05. The fourth-order valence-corrected chi connectivity index (χ4v) is 3.78. The summed E-state index contributed by atoms with van der Waals surface area (Å²) in [6, 6.07) is 11.7. The highest BCUT2D eigenvalue weighted by molar-refractivity contribution is 7.92. The first-order chi connectivity index (χ1) is 10.9. The van der Waals surface area contributed by atoms with Gasteiger partial charge >= 0.3 is 0 Å². The molecule has 122 valence electrons. The summed E-state index contributed by atoms with van der Waals surface area (Å²) in [5.74, 6) is 0.455. The predicted octanol–water partition coefficient (Wildman–Crippen LogP) is 3.00. The van der Waals surface area contributed by atoms with Crippen molar-refractivity contribution in [1.29, 1.82) is 0 Å². The summed E-state index contributed by atoms with van der Waals surface area (Å²) in [4.78, 5) is 0.215. The minimum absolute atomic E-state index is 0.145. The van der Waals surface area contributed by atoms with Crippen molar-refractivity contribution in [2.45, 2.75) is 37.4 Å². The quantitative estimate of drug-likeness (QED) is 0.902. The molecular weight excluding hydrogens is 314 g/mol. The van der Waals surface area contributed by atoms with Gasteiger partial charge in [-0.15, -0.1) is 0 Å². The lowest BCUT2D eigenvalue weighted by molar-refractivity contribution is -0.0188. The van der Waals surface area contributed by atoms with E-state index in [-0.39, 0.29) is 10.8 Å². The standard InChI is InChI=1S/C17H19NO4S/c1-3-14-15-10-12(6-9-16(15)22-17(14)19)18-23(20,21)13-7-4-11(2)5-8-13/h4-10,14,17-19H,3H2,1-2H3/t14-,17-/m1/s1. The maximum Gasteiger partial charge on any atom is 0.261 e. The van der Waals surface area contributed by atoms with E-state index in [0.717, 1.165) is 11.1 Å². The molecule has 0 radical (unpaired) electrons. The lowest BCUT2D eigenvalue weighted by Gasteiger charge is -2.12. The zero-order chi connectivity index (χ0) is 16.6. The summed E-state index contributed by atoms with van der Waals surface area (Å²) in [6.07, 6.45) is -0.165. The number of sulfonamides is 1. The third kappa shape index (κ3) is 3.04. The normalized spacial score (nSPS) is 20.0. The van der Waals surface area contributed by atoms with Crippen LogP contribution in [0.1, 0.15) is 30.4 Å². The molecule has 0 unspecified atom stereocenters. The second-order valence-electron chi connectivity index (χ2n) is 5.69. The van der Waals surface area contributed by atoms with E-state index >= 15 is 0 Å². The second kappa shape index (κ2) is 5.86. The molecule has 0 spiro atoms. The Morgan fingerprint density at radius 3 is 2.52 bits per heavy atom. The van der Waals surface area contributed by atoms with Crippen LogP contribution in [0, 0.1) is 6.92 Å². The molecule has 2 N–H and O–H groups in total. The monoisotopic (exact) mass is 333 g/mol. The van der Waals surface area contributed by atoms with Crippen molar-refractivity contribution in [2.24, 2.45) is 0 Å². The molecule has 2 atom stereocenters.